The largest absolute Gasteiger partial charge is 0.310 e. The molecular weight excluding hydrogens is 1170 g/mol. The van der Waals surface area contributed by atoms with Crippen LogP contribution in [-0.2, 0) is 0 Å². The molecule has 13 aromatic carbocycles. The third-order valence-corrected chi connectivity index (χ3v) is 15.4. The van der Waals surface area contributed by atoms with E-state index in [2.05, 4.69) is 0 Å². The first-order valence-electron chi connectivity index (χ1n) is 29.3. The molecule has 0 aliphatic rings. The first-order chi connectivity index (χ1) is 45.0. The van der Waals surface area contributed by atoms with Gasteiger partial charge in [0.2, 0.25) is 0 Å². The Morgan fingerprint density at radius 3 is 0.467 bits per heavy atom. The van der Waals surface area contributed by atoms with Gasteiger partial charge in [-0.25, -0.2) is 35.1 Å². The number of rotatable bonds is 18. The van der Waals surface area contributed by atoms with Crippen molar-refractivity contribution < 1.29 is 35.1 Å². The van der Waals surface area contributed by atoms with E-state index in [0.717, 1.165) is 48.5 Å². The van der Waals surface area contributed by atoms with Gasteiger partial charge in [-0.3, -0.25) is 0 Å². The predicted octanol–water partition coefficient (Wildman–Crippen LogP) is 23.6. The number of anilines is 18. The first kappa shape index (κ1) is 59.1. The van der Waals surface area contributed by atoms with Crippen LogP contribution in [0.5, 0.6) is 0 Å². The summed E-state index contributed by atoms with van der Waals surface area (Å²) in [6.45, 7) is 0. The van der Waals surface area contributed by atoms with Gasteiger partial charge in [-0.1, -0.05) is 140 Å². The molecule has 0 unspecified atom stereocenters. The van der Waals surface area contributed by atoms with Crippen molar-refractivity contribution in [2.24, 2.45) is 0 Å². The number of para-hydroxylation sites is 10. The van der Waals surface area contributed by atoms with Crippen molar-refractivity contribution in [2.45, 2.75) is 0 Å². The van der Waals surface area contributed by atoms with Gasteiger partial charge < -0.3 is 29.4 Å². The second-order valence-corrected chi connectivity index (χ2v) is 21.2. The van der Waals surface area contributed by atoms with Crippen LogP contribution in [-0.4, -0.2) is 0 Å². The van der Waals surface area contributed by atoms with E-state index >= 15 is 35.1 Å². The quantitative estimate of drug-likeness (QED) is 0.0792. The third kappa shape index (κ3) is 11.8. The topological polar surface area (TPSA) is 19.4 Å². The molecule has 0 aromatic heterocycles. The van der Waals surface area contributed by atoms with E-state index in [1.807, 2.05) is 94.7 Å². The molecule has 0 spiro atoms. The lowest BCUT2D eigenvalue weighted by molar-refractivity contribution is 0.584. The monoisotopic (exact) mass is 1220 g/mol. The van der Waals surface area contributed by atoms with Crippen molar-refractivity contribution >= 4 is 102 Å². The van der Waals surface area contributed by atoms with Gasteiger partial charge in [0.25, 0.3) is 0 Å². The van der Waals surface area contributed by atoms with E-state index in [4.69, 9.17) is 0 Å². The van der Waals surface area contributed by atoms with Crippen molar-refractivity contribution in [1.82, 2.24) is 0 Å². The summed E-state index contributed by atoms with van der Waals surface area (Å²) < 4.78 is 133. The molecule has 450 valence electrons. The second-order valence-electron chi connectivity index (χ2n) is 21.2. The zero-order valence-corrected chi connectivity index (χ0v) is 48.7. The highest BCUT2D eigenvalue weighted by Gasteiger charge is 2.31. The molecule has 0 aliphatic carbocycles. The average molecular weight is 1230 g/mol. The number of nitrogens with zero attached hydrogens (tertiary/aromatic N) is 6. The van der Waals surface area contributed by atoms with E-state index in [-0.39, 0.29) is 22.7 Å². The Morgan fingerprint density at radius 2 is 0.272 bits per heavy atom. The van der Waals surface area contributed by atoms with Gasteiger partial charge in [0.1, 0.15) is 69.3 Å². The standard InChI is InChI=1S/C78H52F8N6/c79-67-38-20-39-68(80)75(67)89(55-28-11-3-12-29-55)63-47-61(48-64(51-63)90(56-30-13-4-14-31-56)76-69(81)40-21-41-70(76)82)87(53-24-7-1-8-25-53)59-36-19-37-60(46-59)88(54-26-9-2-10-27-54)62-49-65(91(57-32-15-5-16-33-57)77-71(83)42-22-43-72(77)84)52-66(50-62)92(58-34-17-6-18-35-58)78-73(85)44-23-45-74(78)86/h1-52H. The molecule has 0 bridgehead atoms. The molecule has 0 saturated heterocycles. The highest BCUT2D eigenvalue weighted by atomic mass is 19.2. The number of halogens is 8. The van der Waals surface area contributed by atoms with Gasteiger partial charge in [-0.15, -0.1) is 0 Å². The molecule has 0 saturated carbocycles. The van der Waals surface area contributed by atoms with Gasteiger partial charge in [0, 0.05) is 45.5 Å². The van der Waals surface area contributed by atoms with E-state index in [1.54, 1.807) is 158 Å². The van der Waals surface area contributed by atoms with Crippen LogP contribution < -0.4 is 29.4 Å². The van der Waals surface area contributed by atoms with Crippen molar-refractivity contribution in [1.29, 1.82) is 0 Å². The Bertz CT molecular complexity index is 4120. The van der Waals surface area contributed by atoms with Crippen LogP contribution in [0.4, 0.5) is 137 Å². The summed E-state index contributed by atoms with van der Waals surface area (Å²) in [6.07, 6.45) is 0. The molecule has 0 heterocycles. The summed E-state index contributed by atoms with van der Waals surface area (Å²) in [5, 5.41) is 0. The van der Waals surface area contributed by atoms with Crippen LogP contribution >= 0.6 is 0 Å². The molecule has 6 nitrogen and oxygen atoms in total. The SMILES string of the molecule is Fc1cccc(F)c1N(c1ccccc1)c1cc(N(c2ccccc2)c2cccc(N(c3ccccc3)c3cc(N(c4ccccc4)c4c(F)cccc4F)cc(N(c4ccccc4)c4c(F)cccc4F)c3)c2)cc(N(c2ccccc2)c2c(F)cccc2F)c1. The molecule has 13 rings (SSSR count). The minimum Gasteiger partial charge on any atom is -0.310 e. The fraction of sp³-hybridized carbons (Fsp3) is 0. The molecule has 0 N–H and O–H groups in total. The van der Waals surface area contributed by atoms with Gasteiger partial charge in [-0.2, -0.15) is 0 Å². The lowest BCUT2D eigenvalue weighted by Gasteiger charge is -2.34. The molecule has 13 aromatic rings. The van der Waals surface area contributed by atoms with Crippen LogP contribution in [0.2, 0.25) is 0 Å². The van der Waals surface area contributed by atoms with E-state index < -0.39 is 69.3 Å². The number of hydrogen-bond acceptors (Lipinski definition) is 6. The Balaban J connectivity index is 1.09. The van der Waals surface area contributed by atoms with Crippen molar-refractivity contribution in [3.8, 4) is 0 Å². The number of benzene rings is 13. The van der Waals surface area contributed by atoms with E-state index in [9.17, 15) is 0 Å². The van der Waals surface area contributed by atoms with Crippen molar-refractivity contribution in [2.75, 3.05) is 29.4 Å². The summed E-state index contributed by atoms with van der Waals surface area (Å²) in [5.41, 5.74) is 3.25. The van der Waals surface area contributed by atoms with Crippen LogP contribution in [0.15, 0.2) is 315 Å². The van der Waals surface area contributed by atoms with Gasteiger partial charge in [0.15, 0.2) is 0 Å². The van der Waals surface area contributed by atoms with Crippen LogP contribution in [0.3, 0.4) is 0 Å². The van der Waals surface area contributed by atoms with E-state index in [1.165, 1.54) is 43.9 Å². The Kier molecular flexibility index (Phi) is 16.7. The van der Waals surface area contributed by atoms with Gasteiger partial charge >= 0.3 is 0 Å². The van der Waals surface area contributed by atoms with E-state index in [0.29, 0.717) is 56.9 Å². The minimum atomic E-state index is -0.890. The Labute approximate surface area is 526 Å². The zero-order valence-electron chi connectivity index (χ0n) is 48.7. The summed E-state index contributed by atoms with van der Waals surface area (Å²) in [7, 11) is 0. The maximum atomic E-state index is 16.6. The molecule has 0 fully saturated rings. The normalized spacial score (nSPS) is 11.0. The lowest BCUT2D eigenvalue weighted by Crippen LogP contribution is -2.19. The molecule has 0 amide bonds. The fourth-order valence-corrected chi connectivity index (χ4v) is 11.5. The summed E-state index contributed by atoms with van der Waals surface area (Å²) in [6, 6.07) is 84.7. The zero-order chi connectivity index (χ0) is 63.2. The molecule has 0 aliphatic heterocycles. The Hall–Kier alpha value is -11.9. The summed E-state index contributed by atoms with van der Waals surface area (Å²) in [5.74, 6) is -7.12. The molecule has 0 radical (unpaired) electrons. The molecular formula is C78H52F8N6. The van der Waals surface area contributed by atoms with Crippen LogP contribution in [0, 0.1) is 46.5 Å². The van der Waals surface area contributed by atoms with Crippen LogP contribution in [0.1, 0.15) is 0 Å². The van der Waals surface area contributed by atoms with Crippen molar-refractivity contribution in [3.05, 3.63) is 362 Å². The summed E-state index contributed by atoms with van der Waals surface area (Å²) >= 11 is 0. The Morgan fingerprint density at radius 1 is 0.130 bits per heavy atom. The first-order valence-corrected chi connectivity index (χ1v) is 29.3. The fourth-order valence-electron chi connectivity index (χ4n) is 11.5. The second kappa shape index (κ2) is 26.0. The molecule has 0 atom stereocenters. The smallest absolute Gasteiger partial charge is 0.150 e. The van der Waals surface area contributed by atoms with Crippen molar-refractivity contribution in [3.63, 3.8) is 0 Å². The maximum absolute atomic E-state index is 16.6. The third-order valence-electron chi connectivity index (χ3n) is 15.4. The molecule has 14 heteroatoms. The van der Waals surface area contributed by atoms with Crippen LogP contribution in [0.25, 0.3) is 0 Å². The number of hydrogen-bond donors (Lipinski definition) is 0. The predicted molar refractivity (Wildman–Crippen MR) is 354 cm³/mol. The lowest BCUT2D eigenvalue weighted by atomic mass is 10.1. The highest BCUT2D eigenvalue weighted by molar-refractivity contribution is 5.93. The minimum absolute atomic E-state index is 0.182. The van der Waals surface area contributed by atoms with Gasteiger partial charge in [0.05, 0.1) is 34.1 Å². The molecule has 92 heavy (non-hydrogen) atoms. The average Bonchev–Trinajstić information content (AvgIpc) is 0.791. The van der Waals surface area contributed by atoms with Gasteiger partial charge in [-0.05, 0) is 176 Å². The maximum Gasteiger partial charge on any atom is 0.150 e. The highest BCUT2D eigenvalue weighted by Crippen LogP contribution is 2.51. The summed E-state index contributed by atoms with van der Waals surface area (Å²) in [4.78, 5) is 9.43.